The van der Waals surface area contributed by atoms with Gasteiger partial charge in [0.2, 0.25) is 5.95 Å². The summed E-state index contributed by atoms with van der Waals surface area (Å²) < 4.78 is 31.7. The van der Waals surface area contributed by atoms with E-state index in [0.29, 0.717) is 16.9 Å². The van der Waals surface area contributed by atoms with Crippen LogP contribution in [0.25, 0.3) is 22.0 Å². The van der Waals surface area contributed by atoms with Gasteiger partial charge in [-0.3, -0.25) is 10.1 Å². The van der Waals surface area contributed by atoms with Crippen LogP contribution in [-0.2, 0) is 4.79 Å². The highest BCUT2D eigenvalue weighted by molar-refractivity contribution is 5.94. The number of carbonyl (C=O) groups is 1. The number of nitrogen functional groups attached to an aromatic ring is 1. The lowest BCUT2D eigenvalue weighted by Crippen LogP contribution is -2.21. The number of aryl methyl sites for hydroxylation is 1. The van der Waals surface area contributed by atoms with Gasteiger partial charge < -0.3 is 16.2 Å². The third-order valence-corrected chi connectivity index (χ3v) is 3.93. The third-order valence-electron chi connectivity index (χ3n) is 3.93. The van der Waals surface area contributed by atoms with Gasteiger partial charge >= 0.3 is 12.1 Å². The molecule has 3 aromatic rings. The molecule has 0 unspecified atom stereocenters. The maximum atomic E-state index is 11.3. The lowest BCUT2D eigenvalue weighted by molar-refractivity contribution is -0.384. The van der Waals surface area contributed by atoms with Gasteiger partial charge in [0.1, 0.15) is 5.82 Å². The van der Waals surface area contributed by atoms with Crippen molar-refractivity contribution in [1.29, 1.82) is 0 Å². The second-order valence-corrected chi connectivity index (χ2v) is 5.94. The number of fused-ring (bicyclic) bond motifs is 1. The number of carboxylic acid groups (broad SMARTS) is 1. The van der Waals surface area contributed by atoms with Gasteiger partial charge in [0.15, 0.2) is 0 Å². The van der Waals surface area contributed by atoms with E-state index in [1.54, 1.807) is 19.2 Å². The quantitative estimate of drug-likeness (QED) is 0.426. The SMILES string of the molecule is CNc1nc(N)nc2cc(-c3c(C)cccc3[N+](=O)[O-])ccc12.O=C(O)C(F)(F)F. The molecule has 0 saturated carbocycles. The van der Waals surface area contributed by atoms with Crippen molar-refractivity contribution in [2.75, 3.05) is 18.1 Å². The summed E-state index contributed by atoms with van der Waals surface area (Å²) >= 11 is 0. The number of hydrogen-bond donors (Lipinski definition) is 3. The number of aromatic nitrogens is 2. The van der Waals surface area contributed by atoms with Crippen molar-refractivity contribution in [3.8, 4) is 11.1 Å². The van der Waals surface area contributed by atoms with Crippen molar-refractivity contribution < 1.29 is 28.0 Å². The maximum Gasteiger partial charge on any atom is 0.490 e. The molecule has 2 aromatic carbocycles. The summed E-state index contributed by atoms with van der Waals surface area (Å²) in [7, 11) is 1.75. The molecule has 0 aliphatic rings. The van der Waals surface area contributed by atoms with Crippen LogP contribution < -0.4 is 11.1 Å². The number of aliphatic carboxylic acids is 1. The smallest absolute Gasteiger partial charge is 0.475 e. The van der Waals surface area contributed by atoms with E-state index in [1.165, 1.54) is 6.07 Å². The Morgan fingerprint density at radius 3 is 2.40 bits per heavy atom. The number of halogens is 3. The molecule has 0 bridgehead atoms. The molecule has 0 spiro atoms. The Balaban J connectivity index is 0.000000396. The van der Waals surface area contributed by atoms with Crippen molar-refractivity contribution in [3.05, 3.63) is 52.1 Å². The van der Waals surface area contributed by atoms with Gasteiger partial charge in [-0.05, 0) is 30.2 Å². The fourth-order valence-corrected chi connectivity index (χ4v) is 2.67. The van der Waals surface area contributed by atoms with Crippen LogP contribution in [0.5, 0.6) is 0 Å². The minimum absolute atomic E-state index is 0.0696. The van der Waals surface area contributed by atoms with E-state index < -0.39 is 12.1 Å². The van der Waals surface area contributed by atoms with Crippen LogP contribution in [0.3, 0.4) is 0 Å². The zero-order chi connectivity index (χ0) is 22.6. The van der Waals surface area contributed by atoms with Crippen LogP contribution in [0.2, 0.25) is 0 Å². The van der Waals surface area contributed by atoms with E-state index in [2.05, 4.69) is 15.3 Å². The highest BCUT2D eigenvalue weighted by Gasteiger charge is 2.38. The van der Waals surface area contributed by atoms with E-state index in [4.69, 9.17) is 15.6 Å². The normalized spacial score (nSPS) is 10.8. The third kappa shape index (κ3) is 4.90. The average Bonchev–Trinajstić information content (AvgIpc) is 2.66. The van der Waals surface area contributed by atoms with Crippen molar-refractivity contribution in [3.63, 3.8) is 0 Å². The number of alkyl halides is 3. The van der Waals surface area contributed by atoms with E-state index in [1.807, 2.05) is 25.1 Å². The molecule has 0 radical (unpaired) electrons. The molecule has 158 valence electrons. The predicted octanol–water partition coefficient (Wildman–Crippen LogP) is 3.77. The van der Waals surface area contributed by atoms with E-state index in [0.717, 1.165) is 16.5 Å². The van der Waals surface area contributed by atoms with Gasteiger partial charge in [0, 0.05) is 18.5 Å². The number of nitrogens with two attached hydrogens (primary N) is 1. The fraction of sp³-hybridized carbons (Fsp3) is 0.167. The van der Waals surface area contributed by atoms with Crippen LogP contribution >= 0.6 is 0 Å². The summed E-state index contributed by atoms with van der Waals surface area (Å²) in [6.45, 7) is 1.85. The number of benzene rings is 2. The van der Waals surface area contributed by atoms with Gasteiger partial charge in [0.05, 0.1) is 16.0 Å². The van der Waals surface area contributed by atoms with Crippen LogP contribution in [0, 0.1) is 17.0 Å². The highest BCUT2D eigenvalue weighted by atomic mass is 19.4. The van der Waals surface area contributed by atoms with E-state index in [9.17, 15) is 23.3 Å². The molecule has 0 amide bonds. The number of hydrogen-bond acceptors (Lipinski definition) is 7. The number of anilines is 2. The summed E-state index contributed by atoms with van der Waals surface area (Å²) in [6.07, 6.45) is -5.08. The van der Waals surface area contributed by atoms with Crippen molar-refractivity contribution in [2.24, 2.45) is 0 Å². The number of rotatable bonds is 3. The van der Waals surface area contributed by atoms with Crippen LogP contribution in [0.1, 0.15) is 5.56 Å². The molecule has 12 heteroatoms. The van der Waals surface area contributed by atoms with Gasteiger partial charge in [-0.2, -0.15) is 18.2 Å². The first-order valence-corrected chi connectivity index (χ1v) is 8.25. The molecule has 0 atom stereocenters. The lowest BCUT2D eigenvalue weighted by Gasteiger charge is -2.10. The first-order valence-electron chi connectivity index (χ1n) is 8.25. The minimum Gasteiger partial charge on any atom is -0.475 e. The molecular formula is C18H16F3N5O4. The van der Waals surface area contributed by atoms with E-state index >= 15 is 0 Å². The van der Waals surface area contributed by atoms with Crippen LogP contribution in [0.15, 0.2) is 36.4 Å². The molecule has 0 fully saturated rings. The number of nitro groups is 1. The molecule has 0 aliphatic heterocycles. The summed E-state index contributed by atoms with van der Waals surface area (Å²) in [5.74, 6) is -1.98. The topological polar surface area (TPSA) is 144 Å². The second-order valence-electron chi connectivity index (χ2n) is 5.94. The number of nitrogens with one attached hydrogen (secondary N) is 1. The Morgan fingerprint density at radius 2 is 1.87 bits per heavy atom. The number of carboxylic acids is 1. The van der Waals surface area contributed by atoms with Crippen molar-refractivity contribution >= 4 is 34.3 Å². The van der Waals surface area contributed by atoms with Crippen LogP contribution in [0.4, 0.5) is 30.6 Å². The standard InChI is InChI=1S/C16H15N5O2.C2HF3O2/c1-9-4-3-5-13(21(22)23)14(9)10-6-7-11-12(8-10)19-16(17)20-15(11)18-2;3-2(4,5)1(6)7/h3-8H,1-2H3,(H3,17,18,19,20);(H,6,7). The number of nitro benzene ring substituents is 1. The molecule has 1 heterocycles. The highest BCUT2D eigenvalue weighted by Crippen LogP contribution is 2.35. The molecule has 9 nitrogen and oxygen atoms in total. The molecule has 0 aliphatic carbocycles. The predicted molar refractivity (Wildman–Crippen MR) is 104 cm³/mol. The Bertz CT molecular complexity index is 1120. The molecule has 30 heavy (non-hydrogen) atoms. The average molecular weight is 423 g/mol. The molecule has 3 rings (SSSR count). The fourth-order valence-electron chi connectivity index (χ4n) is 2.67. The van der Waals surface area contributed by atoms with Crippen molar-refractivity contribution in [2.45, 2.75) is 13.1 Å². The molecular weight excluding hydrogens is 407 g/mol. The summed E-state index contributed by atoms with van der Waals surface area (Å²) in [5.41, 5.74) is 8.57. The molecule has 4 N–H and O–H groups in total. The second kappa shape index (κ2) is 8.59. The van der Waals surface area contributed by atoms with Gasteiger partial charge in [-0.1, -0.05) is 18.2 Å². The van der Waals surface area contributed by atoms with Crippen molar-refractivity contribution in [1.82, 2.24) is 9.97 Å². The molecule has 1 aromatic heterocycles. The summed E-state index contributed by atoms with van der Waals surface area (Å²) in [5, 5.41) is 22.2. The first-order chi connectivity index (χ1) is 14.0. The summed E-state index contributed by atoms with van der Waals surface area (Å²) in [6, 6.07) is 10.5. The van der Waals surface area contributed by atoms with Gasteiger partial charge in [-0.25, -0.2) is 9.78 Å². The lowest BCUT2D eigenvalue weighted by atomic mass is 9.97. The molecule has 0 saturated heterocycles. The Morgan fingerprint density at radius 1 is 1.23 bits per heavy atom. The number of nitrogens with zero attached hydrogens (tertiary/aromatic N) is 3. The Hall–Kier alpha value is -3.96. The minimum atomic E-state index is -5.08. The largest absolute Gasteiger partial charge is 0.490 e. The maximum absolute atomic E-state index is 11.3. The zero-order valence-electron chi connectivity index (χ0n) is 15.7. The first kappa shape index (κ1) is 22.3. The Labute approximate surface area is 167 Å². The Kier molecular flexibility index (Phi) is 6.40. The monoisotopic (exact) mass is 423 g/mol. The van der Waals surface area contributed by atoms with Gasteiger partial charge in [-0.15, -0.1) is 0 Å². The zero-order valence-corrected chi connectivity index (χ0v) is 15.7. The van der Waals surface area contributed by atoms with E-state index in [-0.39, 0.29) is 16.6 Å². The summed E-state index contributed by atoms with van der Waals surface area (Å²) in [4.78, 5) is 28.2. The van der Waals surface area contributed by atoms with Gasteiger partial charge in [0.25, 0.3) is 5.69 Å². The van der Waals surface area contributed by atoms with Crippen LogP contribution in [-0.4, -0.2) is 39.2 Å².